The van der Waals surface area contributed by atoms with Gasteiger partial charge in [0.25, 0.3) is 5.69 Å². The van der Waals surface area contributed by atoms with Gasteiger partial charge in [-0.3, -0.25) is 10.1 Å². The first kappa shape index (κ1) is 16.9. The zero-order valence-electron chi connectivity index (χ0n) is 12.2. The van der Waals surface area contributed by atoms with E-state index in [0.29, 0.717) is 12.4 Å². The number of hydrogen-bond donors (Lipinski definition) is 1. The zero-order chi connectivity index (χ0) is 15.7. The second-order valence-electron chi connectivity index (χ2n) is 4.86. The predicted molar refractivity (Wildman–Crippen MR) is 78.9 cm³/mol. The summed E-state index contributed by atoms with van der Waals surface area (Å²) < 4.78 is 5.44. The summed E-state index contributed by atoms with van der Waals surface area (Å²) >= 11 is 0. The van der Waals surface area contributed by atoms with E-state index in [-0.39, 0.29) is 5.56 Å². The fourth-order valence-corrected chi connectivity index (χ4v) is 2.01. The van der Waals surface area contributed by atoms with Crippen molar-refractivity contribution in [2.24, 2.45) is 0 Å². The number of benzene rings is 1. The second-order valence-corrected chi connectivity index (χ2v) is 4.86. The van der Waals surface area contributed by atoms with E-state index < -0.39 is 16.6 Å². The van der Waals surface area contributed by atoms with Crippen LogP contribution in [0.2, 0.25) is 0 Å². The molecule has 6 nitrogen and oxygen atoms in total. The van der Waals surface area contributed by atoms with Crippen molar-refractivity contribution in [2.45, 2.75) is 45.4 Å². The number of nitro groups is 1. The summed E-state index contributed by atoms with van der Waals surface area (Å²) in [5, 5.41) is 19.7. The highest BCUT2D eigenvalue weighted by atomic mass is 16.6. The maximum Gasteiger partial charge on any atom is 0.342 e. The minimum absolute atomic E-state index is 0.327. The monoisotopic (exact) mass is 295 g/mol. The lowest BCUT2D eigenvalue weighted by Crippen LogP contribution is -2.04. The lowest BCUT2D eigenvalue weighted by Gasteiger charge is -2.07. The van der Waals surface area contributed by atoms with Crippen molar-refractivity contribution in [3.8, 4) is 5.75 Å². The number of carboxylic acid groups (broad SMARTS) is 1. The van der Waals surface area contributed by atoms with E-state index in [4.69, 9.17) is 9.84 Å². The average molecular weight is 295 g/mol. The third kappa shape index (κ3) is 5.81. The Kier molecular flexibility index (Phi) is 7.21. The molecule has 0 heterocycles. The fraction of sp³-hybridized carbons (Fsp3) is 0.533. The SMILES string of the molecule is CCCCCCCCOc1ccc(C(=O)O)c([N+](=O)[O-])c1. The Bertz CT molecular complexity index is 487. The number of carboxylic acids is 1. The third-order valence-electron chi connectivity index (χ3n) is 3.16. The highest BCUT2D eigenvalue weighted by molar-refractivity contribution is 5.92. The summed E-state index contributed by atoms with van der Waals surface area (Å²) in [6.45, 7) is 2.65. The van der Waals surface area contributed by atoms with Gasteiger partial charge in [-0.15, -0.1) is 0 Å². The van der Waals surface area contributed by atoms with Crippen LogP contribution in [0.3, 0.4) is 0 Å². The molecule has 0 spiro atoms. The van der Waals surface area contributed by atoms with Crippen LogP contribution in [0.25, 0.3) is 0 Å². The minimum atomic E-state index is -1.32. The van der Waals surface area contributed by atoms with Gasteiger partial charge in [-0.1, -0.05) is 39.0 Å². The number of hydrogen-bond acceptors (Lipinski definition) is 4. The summed E-state index contributed by atoms with van der Waals surface area (Å²) in [6, 6.07) is 3.82. The van der Waals surface area contributed by atoms with Crippen LogP contribution in [0.15, 0.2) is 18.2 Å². The van der Waals surface area contributed by atoms with Gasteiger partial charge in [0, 0.05) is 0 Å². The molecule has 0 bridgehead atoms. The molecule has 1 rings (SSSR count). The Morgan fingerprint density at radius 1 is 1.24 bits per heavy atom. The summed E-state index contributed by atoms with van der Waals surface area (Å²) in [5.74, 6) is -0.982. The first-order valence-electron chi connectivity index (χ1n) is 7.20. The van der Waals surface area contributed by atoms with Gasteiger partial charge in [0.15, 0.2) is 0 Å². The molecule has 0 unspecified atom stereocenters. The molecule has 0 aliphatic carbocycles. The Hall–Kier alpha value is -2.11. The van der Waals surface area contributed by atoms with Crippen molar-refractivity contribution in [1.29, 1.82) is 0 Å². The Labute approximate surface area is 123 Å². The number of carbonyl (C=O) groups is 1. The Balaban J connectivity index is 2.47. The second kappa shape index (κ2) is 8.94. The van der Waals surface area contributed by atoms with Crippen LogP contribution in [-0.4, -0.2) is 22.6 Å². The van der Waals surface area contributed by atoms with E-state index in [1.807, 2.05) is 0 Å². The van der Waals surface area contributed by atoms with Gasteiger partial charge in [-0.25, -0.2) is 4.79 Å². The largest absolute Gasteiger partial charge is 0.493 e. The van der Waals surface area contributed by atoms with Crippen molar-refractivity contribution >= 4 is 11.7 Å². The van der Waals surface area contributed by atoms with E-state index in [0.717, 1.165) is 19.3 Å². The summed E-state index contributed by atoms with van der Waals surface area (Å²) in [5.41, 5.74) is -0.769. The lowest BCUT2D eigenvalue weighted by molar-refractivity contribution is -0.385. The number of aromatic carboxylic acids is 1. The molecule has 116 valence electrons. The number of rotatable bonds is 10. The van der Waals surface area contributed by atoms with Crippen LogP contribution in [0.5, 0.6) is 5.75 Å². The Morgan fingerprint density at radius 3 is 2.52 bits per heavy atom. The molecule has 0 amide bonds. The standard InChI is InChI=1S/C15H21NO5/c1-2-3-4-5-6-7-10-21-12-8-9-13(15(17)18)14(11-12)16(19)20/h8-9,11H,2-7,10H2,1H3,(H,17,18). The number of ether oxygens (including phenoxy) is 1. The van der Waals surface area contributed by atoms with E-state index in [2.05, 4.69) is 6.92 Å². The first-order chi connectivity index (χ1) is 10.1. The molecule has 0 radical (unpaired) electrons. The summed E-state index contributed by atoms with van der Waals surface area (Å²) in [7, 11) is 0. The minimum Gasteiger partial charge on any atom is -0.493 e. The molecule has 0 aliphatic heterocycles. The van der Waals surface area contributed by atoms with Crippen LogP contribution in [0, 0.1) is 10.1 Å². The highest BCUT2D eigenvalue weighted by Crippen LogP contribution is 2.25. The van der Waals surface area contributed by atoms with E-state index in [9.17, 15) is 14.9 Å². The highest BCUT2D eigenvalue weighted by Gasteiger charge is 2.20. The van der Waals surface area contributed by atoms with E-state index >= 15 is 0 Å². The normalized spacial score (nSPS) is 10.3. The first-order valence-corrected chi connectivity index (χ1v) is 7.20. The quantitative estimate of drug-likeness (QED) is 0.400. The van der Waals surface area contributed by atoms with Crippen LogP contribution in [-0.2, 0) is 0 Å². The summed E-state index contributed by atoms with van der Waals surface area (Å²) in [6.07, 6.45) is 6.78. The number of nitrogens with zero attached hydrogens (tertiary/aromatic N) is 1. The van der Waals surface area contributed by atoms with E-state index in [1.165, 1.54) is 37.5 Å². The molecule has 0 fully saturated rings. The maximum atomic E-state index is 10.9. The molecule has 6 heteroatoms. The molecule has 1 aromatic carbocycles. The van der Waals surface area contributed by atoms with Crippen LogP contribution in [0.1, 0.15) is 55.8 Å². The fourth-order valence-electron chi connectivity index (χ4n) is 2.01. The van der Waals surface area contributed by atoms with Crippen molar-refractivity contribution in [2.75, 3.05) is 6.61 Å². The van der Waals surface area contributed by atoms with E-state index in [1.54, 1.807) is 0 Å². The number of unbranched alkanes of at least 4 members (excludes halogenated alkanes) is 5. The Morgan fingerprint density at radius 2 is 1.90 bits per heavy atom. The predicted octanol–water partition coefficient (Wildman–Crippen LogP) is 4.03. The molecule has 1 N–H and O–H groups in total. The van der Waals surface area contributed by atoms with Crippen LogP contribution >= 0.6 is 0 Å². The smallest absolute Gasteiger partial charge is 0.342 e. The van der Waals surface area contributed by atoms with Gasteiger partial charge in [-0.05, 0) is 18.6 Å². The molecular formula is C15H21NO5. The maximum absolute atomic E-state index is 10.9. The lowest BCUT2D eigenvalue weighted by atomic mass is 10.1. The van der Waals surface area contributed by atoms with Gasteiger partial charge in [-0.2, -0.15) is 0 Å². The molecule has 0 saturated carbocycles. The van der Waals surface area contributed by atoms with Gasteiger partial charge < -0.3 is 9.84 Å². The van der Waals surface area contributed by atoms with Crippen molar-refractivity contribution in [3.63, 3.8) is 0 Å². The van der Waals surface area contributed by atoms with Gasteiger partial charge in [0.2, 0.25) is 0 Å². The molecule has 0 aliphatic rings. The molecule has 21 heavy (non-hydrogen) atoms. The molecule has 0 saturated heterocycles. The third-order valence-corrected chi connectivity index (χ3v) is 3.16. The molecule has 1 aromatic rings. The zero-order valence-corrected chi connectivity index (χ0v) is 12.2. The average Bonchev–Trinajstić information content (AvgIpc) is 2.46. The van der Waals surface area contributed by atoms with Crippen molar-refractivity contribution in [3.05, 3.63) is 33.9 Å². The molecular weight excluding hydrogens is 274 g/mol. The molecule has 0 atom stereocenters. The number of nitro benzene ring substituents is 1. The summed E-state index contributed by atoms with van der Waals surface area (Å²) in [4.78, 5) is 21.0. The van der Waals surface area contributed by atoms with Gasteiger partial charge >= 0.3 is 5.97 Å². The molecule has 0 aromatic heterocycles. The topological polar surface area (TPSA) is 89.7 Å². The van der Waals surface area contributed by atoms with Crippen molar-refractivity contribution in [1.82, 2.24) is 0 Å². The van der Waals surface area contributed by atoms with Gasteiger partial charge in [0.1, 0.15) is 11.3 Å². The van der Waals surface area contributed by atoms with Crippen molar-refractivity contribution < 1.29 is 19.6 Å². The van der Waals surface area contributed by atoms with Crippen LogP contribution in [0.4, 0.5) is 5.69 Å². The van der Waals surface area contributed by atoms with Gasteiger partial charge in [0.05, 0.1) is 17.6 Å². The van der Waals surface area contributed by atoms with Crippen LogP contribution < -0.4 is 4.74 Å².